The summed E-state index contributed by atoms with van der Waals surface area (Å²) in [6, 6.07) is 11.8. The van der Waals surface area contributed by atoms with Gasteiger partial charge in [-0.3, -0.25) is 9.78 Å². The smallest absolute Gasteiger partial charge is 0.170 e. The van der Waals surface area contributed by atoms with Gasteiger partial charge in [0.05, 0.1) is 0 Å². The molecule has 0 spiro atoms. The molecule has 22 heavy (non-hydrogen) atoms. The quantitative estimate of drug-likeness (QED) is 0.657. The van der Waals surface area contributed by atoms with Crippen molar-refractivity contribution in [2.75, 3.05) is 0 Å². The number of nitrogens with zero attached hydrogens (tertiary/aromatic N) is 1. The molecule has 3 nitrogen and oxygen atoms in total. The minimum Gasteiger partial charge on any atom is -0.449 e. The lowest BCUT2D eigenvalue weighted by Gasteiger charge is -2.05. The molecule has 1 aromatic carbocycles. The van der Waals surface area contributed by atoms with E-state index in [9.17, 15) is 4.79 Å². The summed E-state index contributed by atoms with van der Waals surface area (Å²) in [6.07, 6.45) is 4.94. The second kappa shape index (κ2) is 5.21. The third kappa shape index (κ3) is 2.20. The fourth-order valence-corrected chi connectivity index (χ4v) is 3.31. The molecule has 0 aliphatic heterocycles. The van der Waals surface area contributed by atoms with Crippen molar-refractivity contribution in [3.8, 4) is 22.5 Å². The number of benzene rings is 1. The molecular formula is C18H12BrNO2. The van der Waals surface area contributed by atoms with E-state index in [1.165, 1.54) is 0 Å². The molecule has 4 heteroatoms. The number of carbonyl (C=O) groups excluding carboxylic acids is 1. The third-order valence-electron chi connectivity index (χ3n) is 3.98. The summed E-state index contributed by atoms with van der Waals surface area (Å²) in [4.78, 5) is 15.8. The van der Waals surface area contributed by atoms with Gasteiger partial charge < -0.3 is 4.42 Å². The van der Waals surface area contributed by atoms with Crippen LogP contribution in [-0.4, -0.2) is 10.8 Å². The summed E-state index contributed by atoms with van der Waals surface area (Å²) in [5.74, 6) is 1.04. The molecule has 1 aliphatic carbocycles. The number of Topliss-reactive ketones (excluding diaryl/α,β-unsaturated/α-hetero) is 1. The molecular weight excluding hydrogens is 342 g/mol. The Kier molecular flexibility index (Phi) is 3.19. The van der Waals surface area contributed by atoms with E-state index in [1.807, 2.05) is 30.3 Å². The molecule has 0 N–H and O–H groups in total. The summed E-state index contributed by atoms with van der Waals surface area (Å²) < 4.78 is 6.50. The van der Waals surface area contributed by atoms with Crippen LogP contribution in [0.3, 0.4) is 0 Å². The highest BCUT2D eigenvalue weighted by Gasteiger charge is 2.21. The number of pyridine rings is 1. The molecule has 0 unspecified atom stereocenters. The average molecular weight is 354 g/mol. The molecule has 0 bridgehead atoms. The monoisotopic (exact) mass is 353 g/mol. The number of carbonyl (C=O) groups is 1. The number of hydrogen-bond acceptors (Lipinski definition) is 3. The highest BCUT2D eigenvalue weighted by Crippen LogP contribution is 2.38. The third-order valence-corrected chi connectivity index (χ3v) is 4.37. The van der Waals surface area contributed by atoms with Crippen LogP contribution < -0.4 is 0 Å². The van der Waals surface area contributed by atoms with E-state index in [2.05, 4.69) is 27.0 Å². The van der Waals surface area contributed by atoms with Crippen LogP contribution in [0.1, 0.15) is 22.3 Å². The molecule has 0 radical (unpaired) electrons. The van der Waals surface area contributed by atoms with Crippen molar-refractivity contribution in [1.29, 1.82) is 0 Å². The van der Waals surface area contributed by atoms with Gasteiger partial charge in [-0.25, -0.2) is 0 Å². The molecule has 0 saturated heterocycles. The van der Waals surface area contributed by atoms with Gasteiger partial charge in [-0.05, 0) is 51.7 Å². The van der Waals surface area contributed by atoms with Gasteiger partial charge in [0.15, 0.2) is 10.5 Å². The van der Waals surface area contributed by atoms with Gasteiger partial charge in [0, 0.05) is 35.5 Å². The van der Waals surface area contributed by atoms with E-state index in [-0.39, 0.29) is 5.78 Å². The Labute approximate surface area is 136 Å². The SMILES string of the molecule is O=C1CCc2cc(-c3cc(Br)oc3-c3ccncc3)ccc21. The first-order valence-electron chi connectivity index (χ1n) is 7.08. The van der Waals surface area contributed by atoms with Gasteiger partial charge in [-0.2, -0.15) is 0 Å². The first-order chi connectivity index (χ1) is 10.7. The molecule has 0 amide bonds. The average Bonchev–Trinajstić information content (AvgIpc) is 3.11. The Balaban J connectivity index is 1.86. The van der Waals surface area contributed by atoms with Crippen LogP contribution >= 0.6 is 15.9 Å². The number of aromatic nitrogens is 1. The number of aryl methyl sites for hydroxylation is 1. The highest BCUT2D eigenvalue weighted by molar-refractivity contribution is 9.10. The maximum Gasteiger partial charge on any atom is 0.170 e. The summed E-state index contributed by atoms with van der Waals surface area (Å²) in [5.41, 5.74) is 5.04. The Morgan fingerprint density at radius 2 is 1.77 bits per heavy atom. The van der Waals surface area contributed by atoms with Crippen molar-refractivity contribution in [2.24, 2.45) is 0 Å². The summed E-state index contributed by atoms with van der Waals surface area (Å²) >= 11 is 3.41. The van der Waals surface area contributed by atoms with Crippen LogP contribution in [0.5, 0.6) is 0 Å². The molecule has 2 heterocycles. The van der Waals surface area contributed by atoms with Gasteiger partial charge in [0.1, 0.15) is 5.76 Å². The number of halogens is 1. The number of fused-ring (bicyclic) bond motifs is 1. The molecule has 0 fully saturated rings. The first kappa shape index (κ1) is 13.5. The molecule has 108 valence electrons. The molecule has 3 aromatic rings. The fraction of sp³-hybridized carbons (Fsp3) is 0.111. The Bertz CT molecular complexity index is 868. The summed E-state index contributed by atoms with van der Waals surface area (Å²) in [7, 11) is 0. The maximum atomic E-state index is 11.8. The maximum absolute atomic E-state index is 11.8. The lowest BCUT2D eigenvalue weighted by Crippen LogP contribution is -1.91. The molecule has 0 saturated carbocycles. The zero-order valence-corrected chi connectivity index (χ0v) is 13.3. The van der Waals surface area contributed by atoms with Gasteiger partial charge >= 0.3 is 0 Å². The van der Waals surface area contributed by atoms with E-state index in [4.69, 9.17) is 4.42 Å². The standard InChI is InChI=1S/C18H12BrNO2/c19-17-10-15(18(22-17)11-5-7-20-8-6-11)13-1-3-14-12(9-13)2-4-16(14)21/h1,3,5-10H,2,4H2. The summed E-state index contributed by atoms with van der Waals surface area (Å²) in [6.45, 7) is 0. The number of rotatable bonds is 2. The van der Waals surface area contributed by atoms with Crippen LogP contribution in [0.4, 0.5) is 0 Å². The second-order valence-electron chi connectivity index (χ2n) is 5.32. The van der Waals surface area contributed by atoms with Gasteiger partial charge in [-0.15, -0.1) is 0 Å². The lowest BCUT2D eigenvalue weighted by atomic mass is 9.99. The molecule has 0 atom stereocenters. The van der Waals surface area contributed by atoms with E-state index < -0.39 is 0 Å². The molecule has 1 aliphatic rings. The van der Waals surface area contributed by atoms with Crippen molar-refractivity contribution in [2.45, 2.75) is 12.8 Å². The predicted molar refractivity (Wildman–Crippen MR) is 87.7 cm³/mol. The van der Waals surface area contributed by atoms with Crippen LogP contribution in [0.15, 0.2) is 57.9 Å². The molecule has 2 aromatic heterocycles. The summed E-state index contributed by atoms with van der Waals surface area (Å²) in [5, 5.41) is 0. The largest absolute Gasteiger partial charge is 0.449 e. The van der Waals surface area contributed by atoms with Crippen molar-refractivity contribution < 1.29 is 9.21 Å². The minimum absolute atomic E-state index is 0.240. The number of hydrogen-bond donors (Lipinski definition) is 0. The first-order valence-corrected chi connectivity index (χ1v) is 7.88. The molecule has 4 rings (SSSR count). The Morgan fingerprint density at radius 1 is 0.955 bits per heavy atom. The topological polar surface area (TPSA) is 43.1 Å². The fourth-order valence-electron chi connectivity index (χ4n) is 2.92. The van der Waals surface area contributed by atoms with Gasteiger partial charge in [-0.1, -0.05) is 18.2 Å². The van der Waals surface area contributed by atoms with Crippen LogP contribution in [0, 0.1) is 0 Å². The Hall–Kier alpha value is -2.20. The number of ketones is 1. The zero-order valence-electron chi connectivity index (χ0n) is 11.7. The van der Waals surface area contributed by atoms with Crippen LogP contribution in [-0.2, 0) is 6.42 Å². The van der Waals surface area contributed by atoms with Crippen LogP contribution in [0.2, 0.25) is 0 Å². The van der Waals surface area contributed by atoms with Gasteiger partial charge in [0.25, 0.3) is 0 Å². The van der Waals surface area contributed by atoms with E-state index in [0.717, 1.165) is 40.0 Å². The second-order valence-corrected chi connectivity index (χ2v) is 6.11. The van der Waals surface area contributed by atoms with E-state index >= 15 is 0 Å². The minimum atomic E-state index is 0.240. The highest BCUT2D eigenvalue weighted by atomic mass is 79.9. The van der Waals surface area contributed by atoms with Gasteiger partial charge in [0.2, 0.25) is 0 Å². The van der Waals surface area contributed by atoms with Crippen molar-refractivity contribution >= 4 is 21.7 Å². The van der Waals surface area contributed by atoms with Crippen molar-refractivity contribution in [1.82, 2.24) is 4.98 Å². The van der Waals surface area contributed by atoms with E-state index in [1.54, 1.807) is 12.4 Å². The van der Waals surface area contributed by atoms with Crippen molar-refractivity contribution in [3.63, 3.8) is 0 Å². The van der Waals surface area contributed by atoms with E-state index in [0.29, 0.717) is 11.1 Å². The van der Waals surface area contributed by atoms with Crippen molar-refractivity contribution in [3.05, 3.63) is 64.6 Å². The number of furan rings is 1. The van der Waals surface area contributed by atoms with Crippen LogP contribution in [0.25, 0.3) is 22.5 Å². The lowest BCUT2D eigenvalue weighted by molar-refractivity contribution is 0.0994. The normalized spacial score (nSPS) is 13.4. The predicted octanol–water partition coefficient (Wildman–Crippen LogP) is 4.90. The zero-order chi connectivity index (χ0) is 15.1. The Morgan fingerprint density at radius 3 is 2.59 bits per heavy atom.